The fourth-order valence-corrected chi connectivity index (χ4v) is 2.92. The van der Waals surface area contributed by atoms with Crippen LogP contribution < -0.4 is 4.74 Å². The van der Waals surface area contributed by atoms with E-state index in [0.717, 1.165) is 12.2 Å². The molecule has 0 fully saturated rings. The molecule has 138 valence electrons. The maximum absolute atomic E-state index is 12.4. The Morgan fingerprint density at radius 2 is 1.81 bits per heavy atom. The second-order valence-corrected chi connectivity index (χ2v) is 6.61. The zero-order valence-electron chi connectivity index (χ0n) is 15.4. The largest absolute Gasteiger partial charge is 0.497 e. The lowest BCUT2D eigenvalue weighted by Gasteiger charge is -2.22. The van der Waals surface area contributed by atoms with Crippen molar-refractivity contribution in [3.8, 4) is 5.75 Å². The summed E-state index contributed by atoms with van der Waals surface area (Å²) < 4.78 is 5.16. The number of carboxylic acid groups (broad SMARTS) is 1. The van der Waals surface area contributed by atoms with Crippen molar-refractivity contribution in [2.45, 2.75) is 19.8 Å². The molecule has 0 aliphatic rings. The van der Waals surface area contributed by atoms with E-state index in [1.165, 1.54) is 11.6 Å². The second-order valence-electron chi connectivity index (χ2n) is 6.61. The van der Waals surface area contributed by atoms with Crippen LogP contribution >= 0.6 is 0 Å². The Labute approximate surface area is 154 Å². The van der Waals surface area contributed by atoms with Gasteiger partial charge in [0.15, 0.2) is 0 Å². The van der Waals surface area contributed by atoms with Crippen LogP contribution in [0, 0.1) is 5.92 Å². The van der Waals surface area contributed by atoms with Crippen molar-refractivity contribution < 1.29 is 19.4 Å². The number of amides is 1. The minimum Gasteiger partial charge on any atom is -0.497 e. The summed E-state index contributed by atoms with van der Waals surface area (Å²) in [5.41, 5.74) is 2.11. The van der Waals surface area contributed by atoms with E-state index < -0.39 is 5.97 Å². The van der Waals surface area contributed by atoms with Crippen molar-refractivity contribution in [3.05, 3.63) is 65.2 Å². The van der Waals surface area contributed by atoms with Crippen molar-refractivity contribution in [1.29, 1.82) is 0 Å². The van der Waals surface area contributed by atoms with Crippen LogP contribution in [0.2, 0.25) is 0 Å². The highest BCUT2D eigenvalue weighted by molar-refractivity contribution is 5.88. The number of aromatic carboxylic acids is 1. The van der Waals surface area contributed by atoms with E-state index in [-0.39, 0.29) is 17.9 Å². The number of nitrogens with zero attached hydrogens (tertiary/aromatic N) is 1. The van der Waals surface area contributed by atoms with Crippen LogP contribution in [-0.2, 0) is 17.6 Å². The van der Waals surface area contributed by atoms with E-state index in [2.05, 4.69) is 6.92 Å². The molecule has 1 atom stereocenters. The highest BCUT2D eigenvalue weighted by Crippen LogP contribution is 2.15. The number of rotatable bonds is 8. The molecule has 2 aromatic rings. The zero-order chi connectivity index (χ0) is 19.1. The minimum absolute atomic E-state index is 0.0193. The lowest BCUT2D eigenvalue weighted by molar-refractivity contribution is -0.129. The third kappa shape index (κ3) is 5.62. The fraction of sp³-hybridized carbons (Fsp3) is 0.333. The van der Waals surface area contributed by atoms with Gasteiger partial charge in [0.2, 0.25) is 5.91 Å². The molecule has 5 nitrogen and oxygen atoms in total. The molecule has 0 spiro atoms. The molecule has 0 aliphatic carbocycles. The van der Waals surface area contributed by atoms with E-state index in [4.69, 9.17) is 9.84 Å². The molecule has 1 amide bonds. The van der Waals surface area contributed by atoms with Gasteiger partial charge in [0.05, 0.1) is 19.1 Å². The Bertz CT molecular complexity index is 755. The van der Waals surface area contributed by atoms with Gasteiger partial charge in [-0.25, -0.2) is 4.79 Å². The van der Waals surface area contributed by atoms with Gasteiger partial charge < -0.3 is 14.7 Å². The summed E-state index contributed by atoms with van der Waals surface area (Å²) >= 11 is 0. The van der Waals surface area contributed by atoms with Crippen molar-refractivity contribution in [1.82, 2.24) is 4.90 Å². The van der Waals surface area contributed by atoms with E-state index in [0.29, 0.717) is 18.0 Å². The molecule has 1 unspecified atom stereocenters. The van der Waals surface area contributed by atoms with Crippen LogP contribution in [0.5, 0.6) is 5.75 Å². The highest BCUT2D eigenvalue weighted by Gasteiger charge is 2.14. The number of methoxy groups -OCH3 is 1. The number of benzene rings is 2. The first-order chi connectivity index (χ1) is 12.4. The average molecular weight is 355 g/mol. The van der Waals surface area contributed by atoms with Gasteiger partial charge >= 0.3 is 5.97 Å². The number of hydrogen-bond acceptors (Lipinski definition) is 3. The Kier molecular flexibility index (Phi) is 6.78. The summed E-state index contributed by atoms with van der Waals surface area (Å²) in [6.07, 6.45) is 1.07. The maximum Gasteiger partial charge on any atom is 0.335 e. The van der Waals surface area contributed by atoms with Gasteiger partial charge in [0.1, 0.15) is 5.75 Å². The molecular formula is C21H25NO4. The van der Waals surface area contributed by atoms with Gasteiger partial charge in [-0.05, 0) is 47.7 Å². The Morgan fingerprint density at radius 1 is 1.12 bits per heavy atom. The van der Waals surface area contributed by atoms with Crippen LogP contribution in [0.4, 0.5) is 0 Å². The Balaban J connectivity index is 1.89. The van der Waals surface area contributed by atoms with Gasteiger partial charge in [0, 0.05) is 13.6 Å². The highest BCUT2D eigenvalue weighted by atomic mass is 16.5. The molecule has 0 heterocycles. The Hall–Kier alpha value is -2.82. The molecule has 0 saturated heterocycles. The van der Waals surface area contributed by atoms with Crippen LogP contribution in [0.1, 0.15) is 28.4 Å². The molecule has 0 aliphatic heterocycles. The van der Waals surface area contributed by atoms with E-state index in [1.807, 2.05) is 24.3 Å². The number of carbonyl (C=O) groups excluding carboxylic acids is 1. The monoisotopic (exact) mass is 355 g/mol. The van der Waals surface area contributed by atoms with E-state index in [1.54, 1.807) is 37.3 Å². The third-order valence-electron chi connectivity index (χ3n) is 4.28. The molecule has 0 saturated carbocycles. The van der Waals surface area contributed by atoms with Crippen LogP contribution in [-0.4, -0.2) is 42.6 Å². The number of carboxylic acids is 1. The lowest BCUT2D eigenvalue weighted by Crippen LogP contribution is -2.32. The topological polar surface area (TPSA) is 66.8 Å². The number of carbonyl (C=O) groups is 2. The zero-order valence-corrected chi connectivity index (χ0v) is 15.4. The van der Waals surface area contributed by atoms with Gasteiger partial charge in [-0.3, -0.25) is 4.79 Å². The third-order valence-corrected chi connectivity index (χ3v) is 4.28. The summed E-state index contributed by atoms with van der Waals surface area (Å²) in [6.45, 7) is 2.75. The molecule has 0 aromatic heterocycles. The van der Waals surface area contributed by atoms with E-state index >= 15 is 0 Å². The number of ether oxygens (including phenoxy) is 1. The molecule has 2 rings (SSSR count). The van der Waals surface area contributed by atoms with Crippen molar-refractivity contribution in [2.24, 2.45) is 5.92 Å². The predicted molar refractivity (Wildman–Crippen MR) is 101 cm³/mol. The summed E-state index contributed by atoms with van der Waals surface area (Å²) in [5, 5.41) is 9.04. The summed E-state index contributed by atoms with van der Waals surface area (Å²) in [6, 6.07) is 14.5. The van der Waals surface area contributed by atoms with Crippen molar-refractivity contribution in [3.63, 3.8) is 0 Å². The summed E-state index contributed by atoms with van der Waals surface area (Å²) in [5.74, 6) is 0.134. The number of hydrogen-bond donors (Lipinski definition) is 1. The van der Waals surface area contributed by atoms with Crippen LogP contribution in [0.15, 0.2) is 48.5 Å². The van der Waals surface area contributed by atoms with Gasteiger partial charge in [-0.1, -0.05) is 31.2 Å². The molecular weight excluding hydrogens is 330 g/mol. The van der Waals surface area contributed by atoms with Gasteiger partial charge in [0.25, 0.3) is 0 Å². The first kappa shape index (κ1) is 19.5. The molecule has 2 aromatic carbocycles. The van der Waals surface area contributed by atoms with Crippen LogP contribution in [0.3, 0.4) is 0 Å². The van der Waals surface area contributed by atoms with Gasteiger partial charge in [-0.2, -0.15) is 0 Å². The molecule has 26 heavy (non-hydrogen) atoms. The smallest absolute Gasteiger partial charge is 0.335 e. The second kappa shape index (κ2) is 9.04. The molecule has 1 N–H and O–H groups in total. The lowest BCUT2D eigenvalue weighted by atomic mass is 10.00. The maximum atomic E-state index is 12.4. The summed E-state index contributed by atoms with van der Waals surface area (Å²) in [7, 11) is 3.43. The molecule has 0 bridgehead atoms. The normalized spacial score (nSPS) is 11.7. The SMILES string of the molecule is COc1ccc(CC(C)CN(C)C(=O)Cc2cccc(C(=O)O)c2)cc1. The predicted octanol–water partition coefficient (Wildman–Crippen LogP) is 3.27. The van der Waals surface area contributed by atoms with E-state index in [9.17, 15) is 9.59 Å². The first-order valence-electron chi connectivity index (χ1n) is 8.58. The average Bonchev–Trinajstić information content (AvgIpc) is 2.62. The molecule has 5 heteroatoms. The standard InChI is InChI=1S/C21H25NO4/c1-15(11-16-7-9-19(26-3)10-8-16)14-22(2)20(23)13-17-5-4-6-18(12-17)21(24)25/h4-10,12,15H,11,13-14H2,1-3H3,(H,24,25). The van der Waals surface area contributed by atoms with Gasteiger partial charge in [-0.15, -0.1) is 0 Å². The Morgan fingerprint density at radius 3 is 2.42 bits per heavy atom. The van der Waals surface area contributed by atoms with Crippen LogP contribution in [0.25, 0.3) is 0 Å². The number of likely N-dealkylation sites (N-methyl/N-ethyl adjacent to an activating group) is 1. The molecule has 0 radical (unpaired) electrons. The quantitative estimate of drug-likeness (QED) is 0.789. The summed E-state index contributed by atoms with van der Waals surface area (Å²) in [4.78, 5) is 25.2. The fourth-order valence-electron chi connectivity index (χ4n) is 2.92. The van der Waals surface area contributed by atoms with Crippen molar-refractivity contribution in [2.75, 3.05) is 20.7 Å². The minimum atomic E-state index is -0.985. The first-order valence-corrected chi connectivity index (χ1v) is 8.58. The van der Waals surface area contributed by atoms with Crippen molar-refractivity contribution >= 4 is 11.9 Å².